The minimum atomic E-state index is -1.08. The summed E-state index contributed by atoms with van der Waals surface area (Å²) in [5, 5.41) is 0. The molecule has 2 aliphatic rings. The number of esters is 1. The zero-order chi connectivity index (χ0) is 12.0. The molecule has 1 spiro atoms. The molecule has 1 saturated heterocycles. The summed E-state index contributed by atoms with van der Waals surface area (Å²) in [7, 11) is 0. The summed E-state index contributed by atoms with van der Waals surface area (Å²) in [6.45, 7) is 0. The summed E-state index contributed by atoms with van der Waals surface area (Å²) in [5.41, 5.74) is 0.382. The molecule has 4 heteroatoms. The van der Waals surface area contributed by atoms with E-state index in [4.69, 9.17) is 4.74 Å². The number of ketones is 1. The molecular weight excluding hydrogens is 284 g/mol. The lowest BCUT2D eigenvalue weighted by Gasteiger charge is -2.28. The summed E-state index contributed by atoms with van der Waals surface area (Å²) in [6.07, 6.45) is 2.43. The first-order chi connectivity index (χ1) is 8.12. The number of ether oxygens (including phenoxy) is 1. The van der Waals surface area contributed by atoms with Crippen LogP contribution >= 0.6 is 15.9 Å². The van der Waals surface area contributed by atoms with Gasteiger partial charge in [-0.05, 0) is 11.6 Å². The second kappa shape index (κ2) is 3.53. The van der Waals surface area contributed by atoms with Gasteiger partial charge in [0, 0.05) is 16.5 Å². The predicted octanol–water partition coefficient (Wildman–Crippen LogP) is 2.69. The van der Waals surface area contributed by atoms with Crippen molar-refractivity contribution < 1.29 is 14.3 Å². The van der Waals surface area contributed by atoms with Crippen LogP contribution in [0, 0.1) is 0 Å². The minimum absolute atomic E-state index is 0.123. The first-order valence-electron chi connectivity index (χ1n) is 5.37. The number of halogens is 1. The molecule has 3 nitrogen and oxygen atoms in total. The lowest BCUT2D eigenvalue weighted by molar-refractivity contribution is -0.143. The van der Waals surface area contributed by atoms with E-state index in [0.717, 1.165) is 10.0 Å². The monoisotopic (exact) mass is 292 g/mol. The number of carbonyl (C=O) groups excluding carboxylic acids is 2. The highest BCUT2D eigenvalue weighted by Gasteiger charge is 2.48. The number of rotatable bonds is 0. The molecule has 1 aliphatic carbocycles. The first-order valence-corrected chi connectivity index (χ1v) is 6.16. The van der Waals surface area contributed by atoms with Gasteiger partial charge in [-0.25, -0.2) is 0 Å². The van der Waals surface area contributed by atoms with Crippen LogP contribution in [-0.4, -0.2) is 17.4 Å². The Bertz CT molecular complexity index is 562. The normalized spacial score (nSPS) is 26.8. The van der Waals surface area contributed by atoms with Gasteiger partial charge in [0.1, 0.15) is 0 Å². The van der Waals surface area contributed by atoms with Crippen LogP contribution < -0.4 is 0 Å². The van der Waals surface area contributed by atoms with Gasteiger partial charge in [-0.3, -0.25) is 9.59 Å². The van der Waals surface area contributed by atoms with Gasteiger partial charge in [-0.15, -0.1) is 0 Å². The van der Waals surface area contributed by atoms with Crippen molar-refractivity contribution in [2.45, 2.75) is 18.4 Å². The third-order valence-electron chi connectivity index (χ3n) is 3.17. The molecule has 1 atom stereocenters. The van der Waals surface area contributed by atoms with Gasteiger partial charge >= 0.3 is 5.97 Å². The zero-order valence-corrected chi connectivity index (χ0v) is 10.5. The highest BCUT2D eigenvalue weighted by molar-refractivity contribution is 9.15. The number of hydrogen-bond acceptors (Lipinski definition) is 3. The van der Waals surface area contributed by atoms with Crippen LogP contribution in [0.2, 0.25) is 0 Å². The molecule has 1 aliphatic heterocycles. The van der Waals surface area contributed by atoms with Crippen LogP contribution in [0.3, 0.4) is 0 Å². The van der Waals surface area contributed by atoms with Crippen LogP contribution in [0.25, 0.3) is 4.48 Å². The Morgan fingerprint density at radius 2 is 1.88 bits per heavy atom. The van der Waals surface area contributed by atoms with Gasteiger partial charge in [0.05, 0.1) is 6.42 Å². The Labute approximate surface area is 107 Å². The highest BCUT2D eigenvalue weighted by atomic mass is 79.9. The fourth-order valence-corrected chi connectivity index (χ4v) is 3.04. The van der Waals surface area contributed by atoms with Gasteiger partial charge in [0.25, 0.3) is 0 Å². The van der Waals surface area contributed by atoms with Gasteiger partial charge in [-0.2, -0.15) is 0 Å². The van der Waals surface area contributed by atoms with Crippen molar-refractivity contribution >= 4 is 32.2 Å². The van der Waals surface area contributed by atoms with E-state index in [1.165, 1.54) is 0 Å². The van der Waals surface area contributed by atoms with E-state index in [1.54, 1.807) is 12.1 Å². The summed E-state index contributed by atoms with van der Waals surface area (Å²) < 4.78 is 6.04. The average molecular weight is 293 g/mol. The lowest BCUT2D eigenvalue weighted by atomic mass is 9.83. The highest BCUT2D eigenvalue weighted by Crippen LogP contribution is 2.41. The Balaban J connectivity index is 2.17. The molecule has 86 valence electrons. The van der Waals surface area contributed by atoms with E-state index in [0.29, 0.717) is 18.4 Å². The molecule has 0 bridgehead atoms. The molecule has 17 heavy (non-hydrogen) atoms. The molecular formula is C13H9BrO3. The Morgan fingerprint density at radius 1 is 1.18 bits per heavy atom. The molecule has 0 radical (unpaired) electrons. The number of fused-ring (bicyclic) bond motifs is 1. The molecule has 0 saturated carbocycles. The van der Waals surface area contributed by atoms with Crippen molar-refractivity contribution in [3.63, 3.8) is 0 Å². The molecule has 1 aromatic carbocycles. The summed E-state index contributed by atoms with van der Waals surface area (Å²) in [6, 6.07) is 7.32. The van der Waals surface area contributed by atoms with Crippen molar-refractivity contribution in [1.82, 2.24) is 0 Å². The Hall–Kier alpha value is -1.42. The van der Waals surface area contributed by atoms with Crippen molar-refractivity contribution in [1.29, 1.82) is 0 Å². The molecule has 1 heterocycles. The standard InChI is InChI=1S/C13H9BrO3/c14-10-7-13(6-5-11(15)17-13)12(16)9-4-2-1-3-8(9)10/h1-4,7H,5-6H2/t13-/m0/s1. The van der Waals surface area contributed by atoms with Gasteiger partial charge in [0.15, 0.2) is 5.60 Å². The molecule has 0 N–H and O–H groups in total. The second-order valence-electron chi connectivity index (χ2n) is 4.23. The summed E-state index contributed by atoms with van der Waals surface area (Å²) >= 11 is 3.44. The first kappa shape index (κ1) is 10.7. The van der Waals surface area contributed by atoms with E-state index in [2.05, 4.69) is 15.9 Å². The quantitative estimate of drug-likeness (QED) is 0.691. The van der Waals surface area contributed by atoms with E-state index < -0.39 is 5.60 Å². The van der Waals surface area contributed by atoms with Crippen molar-refractivity contribution in [3.05, 3.63) is 41.5 Å². The van der Waals surface area contributed by atoms with E-state index in [1.807, 2.05) is 18.2 Å². The maximum atomic E-state index is 12.4. The van der Waals surface area contributed by atoms with Crippen molar-refractivity contribution in [2.75, 3.05) is 0 Å². The van der Waals surface area contributed by atoms with Crippen LogP contribution in [0.5, 0.6) is 0 Å². The minimum Gasteiger partial charge on any atom is -0.446 e. The number of carbonyl (C=O) groups is 2. The fourth-order valence-electron chi connectivity index (χ4n) is 2.32. The SMILES string of the molecule is O=C1CC[C@@]2(C=C(Br)c3ccccc3C2=O)O1. The molecule has 0 unspecified atom stereocenters. The average Bonchev–Trinajstić information content (AvgIpc) is 2.69. The van der Waals surface area contributed by atoms with Crippen molar-refractivity contribution in [3.8, 4) is 0 Å². The Morgan fingerprint density at radius 3 is 2.53 bits per heavy atom. The molecule has 3 rings (SSSR count). The maximum Gasteiger partial charge on any atom is 0.307 e. The van der Waals surface area contributed by atoms with Gasteiger partial charge in [0.2, 0.25) is 5.78 Å². The van der Waals surface area contributed by atoms with Crippen LogP contribution in [-0.2, 0) is 9.53 Å². The van der Waals surface area contributed by atoms with E-state index >= 15 is 0 Å². The second-order valence-corrected chi connectivity index (χ2v) is 5.08. The fraction of sp³-hybridized carbons (Fsp3) is 0.231. The predicted molar refractivity (Wildman–Crippen MR) is 65.7 cm³/mol. The van der Waals surface area contributed by atoms with E-state index in [-0.39, 0.29) is 11.8 Å². The molecule has 1 aromatic rings. The molecule has 1 fully saturated rings. The smallest absolute Gasteiger partial charge is 0.307 e. The number of benzene rings is 1. The van der Waals surface area contributed by atoms with Crippen LogP contribution in [0.1, 0.15) is 28.8 Å². The van der Waals surface area contributed by atoms with Crippen LogP contribution in [0.15, 0.2) is 30.3 Å². The summed E-state index contributed by atoms with van der Waals surface area (Å²) in [4.78, 5) is 23.7. The molecule has 0 aromatic heterocycles. The summed E-state index contributed by atoms with van der Waals surface area (Å²) in [5.74, 6) is -0.434. The Kier molecular flexibility index (Phi) is 2.23. The lowest BCUT2D eigenvalue weighted by Crippen LogP contribution is -2.39. The van der Waals surface area contributed by atoms with Crippen molar-refractivity contribution in [2.24, 2.45) is 0 Å². The largest absolute Gasteiger partial charge is 0.446 e. The van der Waals surface area contributed by atoms with E-state index in [9.17, 15) is 9.59 Å². The number of hydrogen-bond donors (Lipinski definition) is 0. The zero-order valence-electron chi connectivity index (χ0n) is 8.90. The maximum absolute atomic E-state index is 12.4. The molecule has 0 amide bonds. The third kappa shape index (κ3) is 1.47. The third-order valence-corrected chi connectivity index (χ3v) is 3.83. The van der Waals surface area contributed by atoms with Gasteiger partial charge in [-0.1, -0.05) is 40.2 Å². The number of Topliss-reactive ketones (excluding diaryl/α,β-unsaturated/α-hetero) is 1. The van der Waals surface area contributed by atoms with Gasteiger partial charge < -0.3 is 4.74 Å². The topological polar surface area (TPSA) is 43.4 Å². The van der Waals surface area contributed by atoms with Crippen LogP contribution in [0.4, 0.5) is 0 Å².